The number of benzene rings is 2. The van der Waals surface area contributed by atoms with Gasteiger partial charge in [0.25, 0.3) is 11.1 Å². The zero-order chi connectivity index (χ0) is 21.3. The van der Waals surface area contributed by atoms with Gasteiger partial charge in [0.1, 0.15) is 17.3 Å². The highest BCUT2D eigenvalue weighted by Crippen LogP contribution is 2.36. The van der Waals surface area contributed by atoms with E-state index in [1.165, 1.54) is 4.90 Å². The molecule has 2 amide bonds. The van der Waals surface area contributed by atoms with Crippen LogP contribution in [0.3, 0.4) is 0 Å². The van der Waals surface area contributed by atoms with E-state index in [1.807, 2.05) is 30.3 Å². The number of rotatable bonds is 5. The minimum atomic E-state index is -0.341. The summed E-state index contributed by atoms with van der Waals surface area (Å²) in [5.41, 5.74) is 1.64. The first-order valence-electron chi connectivity index (χ1n) is 8.89. The summed E-state index contributed by atoms with van der Waals surface area (Å²) in [7, 11) is 1.55. The van der Waals surface area contributed by atoms with E-state index in [4.69, 9.17) is 20.8 Å². The second-order valence-corrected chi connectivity index (χ2v) is 8.67. The Morgan fingerprint density at radius 3 is 2.70 bits per heavy atom. The van der Waals surface area contributed by atoms with Gasteiger partial charge in [0, 0.05) is 16.1 Å². The number of furan rings is 1. The molecule has 152 valence electrons. The van der Waals surface area contributed by atoms with Crippen LogP contribution in [0.4, 0.5) is 4.79 Å². The van der Waals surface area contributed by atoms with Crippen LogP contribution >= 0.6 is 39.3 Å². The Morgan fingerprint density at radius 1 is 1.17 bits per heavy atom. The van der Waals surface area contributed by atoms with Gasteiger partial charge in [-0.15, -0.1) is 0 Å². The van der Waals surface area contributed by atoms with Crippen molar-refractivity contribution < 1.29 is 18.7 Å². The molecule has 2 aromatic carbocycles. The molecule has 0 saturated carbocycles. The average molecular weight is 505 g/mol. The lowest BCUT2D eigenvalue weighted by Crippen LogP contribution is -2.27. The van der Waals surface area contributed by atoms with E-state index < -0.39 is 0 Å². The molecule has 0 radical (unpaired) electrons. The van der Waals surface area contributed by atoms with E-state index in [2.05, 4.69) is 15.9 Å². The molecule has 1 fully saturated rings. The lowest BCUT2D eigenvalue weighted by Gasteiger charge is -2.13. The molecule has 2 heterocycles. The molecule has 1 aliphatic rings. The Bertz CT molecular complexity index is 1170. The van der Waals surface area contributed by atoms with Gasteiger partial charge >= 0.3 is 0 Å². The van der Waals surface area contributed by atoms with E-state index in [9.17, 15) is 9.59 Å². The fourth-order valence-corrected chi connectivity index (χ4v) is 4.45. The molecular formula is C22H15BrClNO4S. The van der Waals surface area contributed by atoms with E-state index in [-0.39, 0.29) is 17.7 Å². The monoisotopic (exact) mass is 503 g/mol. The van der Waals surface area contributed by atoms with Crippen molar-refractivity contribution in [2.75, 3.05) is 7.11 Å². The smallest absolute Gasteiger partial charge is 0.293 e. The summed E-state index contributed by atoms with van der Waals surface area (Å²) in [4.78, 5) is 26.7. The molecule has 4 rings (SSSR count). The number of nitrogens with zero attached hydrogens (tertiary/aromatic N) is 1. The maximum Gasteiger partial charge on any atom is 0.293 e. The van der Waals surface area contributed by atoms with Gasteiger partial charge in [0.05, 0.1) is 23.6 Å². The molecule has 1 aliphatic heterocycles. The second-order valence-electron chi connectivity index (χ2n) is 6.41. The number of hydrogen-bond donors (Lipinski definition) is 0. The molecule has 1 aromatic heterocycles. The topological polar surface area (TPSA) is 59.8 Å². The Hall–Kier alpha value is -2.48. The number of ether oxygens (including phenoxy) is 1. The van der Waals surface area contributed by atoms with Gasteiger partial charge in [-0.05, 0) is 53.7 Å². The van der Waals surface area contributed by atoms with Gasteiger partial charge in [-0.3, -0.25) is 14.5 Å². The average Bonchev–Trinajstić information content (AvgIpc) is 3.30. The van der Waals surface area contributed by atoms with E-state index in [0.717, 1.165) is 27.4 Å². The number of hydrogen-bond acceptors (Lipinski definition) is 5. The lowest BCUT2D eigenvalue weighted by molar-refractivity contribution is -0.123. The first kappa shape index (κ1) is 20.8. The molecule has 0 spiro atoms. The van der Waals surface area contributed by atoms with Crippen molar-refractivity contribution in [3.8, 4) is 17.1 Å². The van der Waals surface area contributed by atoms with Crippen molar-refractivity contribution in [3.05, 3.63) is 80.3 Å². The molecule has 0 N–H and O–H groups in total. The predicted molar refractivity (Wildman–Crippen MR) is 121 cm³/mol. The van der Waals surface area contributed by atoms with Crippen LogP contribution < -0.4 is 4.74 Å². The predicted octanol–water partition coefficient (Wildman–Crippen LogP) is 6.61. The number of methoxy groups -OCH3 is 1. The first-order valence-corrected chi connectivity index (χ1v) is 10.9. The summed E-state index contributed by atoms with van der Waals surface area (Å²) in [6, 6.07) is 16.4. The van der Waals surface area contributed by atoms with Crippen molar-refractivity contribution >= 4 is 56.5 Å². The van der Waals surface area contributed by atoms with Crippen molar-refractivity contribution in [1.82, 2.24) is 4.90 Å². The van der Waals surface area contributed by atoms with Gasteiger partial charge in [0.2, 0.25) is 0 Å². The second kappa shape index (κ2) is 8.71. The van der Waals surface area contributed by atoms with Crippen molar-refractivity contribution in [2.24, 2.45) is 0 Å². The van der Waals surface area contributed by atoms with Crippen LogP contribution in [-0.2, 0) is 11.3 Å². The van der Waals surface area contributed by atoms with Gasteiger partial charge in [-0.25, -0.2) is 0 Å². The van der Waals surface area contributed by atoms with Gasteiger partial charge in [-0.2, -0.15) is 0 Å². The molecule has 3 aromatic rings. The normalized spacial score (nSPS) is 15.3. The SMILES string of the molecule is COc1ccc(-c2ccc(/C=C3\SC(=O)N(Cc4ccccc4Br)C3=O)o2)cc1Cl. The fraction of sp³-hybridized carbons (Fsp3) is 0.0909. The zero-order valence-electron chi connectivity index (χ0n) is 15.7. The summed E-state index contributed by atoms with van der Waals surface area (Å²) in [6.45, 7) is 0.206. The van der Waals surface area contributed by atoms with Crippen LogP contribution in [0.2, 0.25) is 5.02 Å². The van der Waals surface area contributed by atoms with Crippen molar-refractivity contribution in [2.45, 2.75) is 6.54 Å². The third-order valence-corrected chi connectivity index (χ3v) is 6.47. The van der Waals surface area contributed by atoms with Crippen LogP contribution in [0, 0.1) is 0 Å². The summed E-state index contributed by atoms with van der Waals surface area (Å²) in [6.07, 6.45) is 1.58. The highest BCUT2D eigenvalue weighted by molar-refractivity contribution is 9.10. The summed E-state index contributed by atoms with van der Waals surface area (Å²) in [5.74, 6) is 1.30. The number of thioether (sulfide) groups is 1. The molecule has 0 atom stereocenters. The maximum atomic E-state index is 12.8. The Balaban J connectivity index is 1.54. The number of carbonyl (C=O) groups is 2. The summed E-state index contributed by atoms with van der Waals surface area (Å²) in [5, 5.41) is 0.164. The summed E-state index contributed by atoms with van der Waals surface area (Å²) < 4.78 is 11.8. The van der Waals surface area contributed by atoms with Crippen LogP contribution in [0.25, 0.3) is 17.4 Å². The Labute approximate surface area is 190 Å². The molecular weight excluding hydrogens is 490 g/mol. The van der Waals surface area contributed by atoms with E-state index in [0.29, 0.717) is 27.2 Å². The Kier molecular flexibility index (Phi) is 6.04. The molecule has 0 bridgehead atoms. The van der Waals surface area contributed by atoms with Gasteiger partial charge in [-0.1, -0.05) is 45.7 Å². The molecule has 30 heavy (non-hydrogen) atoms. The largest absolute Gasteiger partial charge is 0.495 e. The molecule has 0 aliphatic carbocycles. The van der Waals surface area contributed by atoms with Crippen LogP contribution in [-0.4, -0.2) is 23.2 Å². The van der Waals surface area contributed by atoms with Crippen LogP contribution in [0.15, 0.2) is 68.4 Å². The number of carbonyl (C=O) groups excluding carboxylic acids is 2. The fourth-order valence-electron chi connectivity index (χ4n) is 2.97. The molecule has 5 nitrogen and oxygen atoms in total. The highest BCUT2D eigenvalue weighted by Gasteiger charge is 2.35. The minimum absolute atomic E-state index is 0.206. The first-order chi connectivity index (χ1) is 14.5. The zero-order valence-corrected chi connectivity index (χ0v) is 18.9. The lowest BCUT2D eigenvalue weighted by atomic mass is 10.2. The summed E-state index contributed by atoms with van der Waals surface area (Å²) >= 11 is 10.5. The number of amides is 2. The number of imide groups is 1. The van der Waals surface area contributed by atoms with Crippen LogP contribution in [0.1, 0.15) is 11.3 Å². The minimum Gasteiger partial charge on any atom is -0.495 e. The highest BCUT2D eigenvalue weighted by atomic mass is 79.9. The molecule has 1 saturated heterocycles. The molecule has 0 unspecified atom stereocenters. The van der Waals surface area contributed by atoms with E-state index in [1.54, 1.807) is 37.5 Å². The number of halogens is 2. The third kappa shape index (κ3) is 4.19. The van der Waals surface area contributed by atoms with Crippen molar-refractivity contribution in [3.63, 3.8) is 0 Å². The van der Waals surface area contributed by atoms with Crippen molar-refractivity contribution in [1.29, 1.82) is 0 Å². The standard InChI is InChI=1S/C22H15BrClNO4S/c1-28-19-8-6-13(10-17(19)24)18-9-7-15(29-18)11-20-21(26)25(22(27)30-20)12-14-4-2-3-5-16(14)23/h2-11H,12H2,1H3/b20-11-. The third-order valence-electron chi connectivity index (χ3n) is 4.50. The maximum absolute atomic E-state index is 12.8. The quantitative estimate of drug-likeness (QED) is 0.366. The Morgan fingerprint density at radius 2 is 1.97 bits per heavy atom. The van der Waals surface area contributed by atoms with Crippen LogP contribution in [0.5, 0.6) is 5.75 Å². The van der Waals surface area contributed by atoms with Gasteiger partial charge in [0.15, 0.2) is 0 Å². The molecule has 8 heteroatoms. The van der Waals surface area contributed by atoms with Gasteiger partial charge < -0.3 is 9.15 Å². The van der Waals surface area contributed by atoms with E-state index >= 15 is 0 Å².